The number of furan rings is 1. The average molecular weight is 194 g/mol. The van der Waals surface area contributed by atoms with Gasteiger partial charge in [0.15, 0.2) is 0 Å². The topological polar surface area (TPSA) is 33.4 Å². The molecule has 1 aliphatic carbocycles. The molecule has 0 bridgehead atoms. The van der Waals surface area contributed by atoms with Crippen LogP contribution in [-0.2, 0) is 6.42 Å². The van der Waals surface area contributed by atoms with Crippen LogP contribution in [0, 0.1) is 5.92 Å². The van der Waals surface area contributed by atoms with Crippen molar-refractivity contribution in [1.29, 1.82) is 0 Å². The Kier molecular flexibility index (Phi) is 2.64. The van der Waals surface area contributed by atoms with E-state index < -0.39 is 5.60 Å². The summed E-state index contributed by atoms with van der Waals surface area (Å²) >= 11 is 0. The Morgan fingerprint density at radius 1 is 1.57 bits per heavy atom. The monoisotopic (exact) mass is 194 g/mol. The van der Waals surface area contributed by atoms with E-state index >= 15 is 0 Å². The Morgan fingerprint density at radius 3 is 2.86 bits per heavy atom. The van der Waals surface area contributed by atoms with Crippen LogP contribution in [0.1, 0.15) is 38.2 Å². The van der Waals surface area contributed by atoms with Gasteiger partial charge in [0.2, 0.25) is 0 Å². The summed E-state index contributed by atoms with van der Waals surface area (Å²) in [5, 5.41) is 10.2. The van der Waals surface area contributed by atoms with Crippen molar-refractivity contribution < 1.29 is 9.52 Å². The molecule has 0 aliphatic heterocycles. The zero-order chi connectivity index (χ0) is 10.0. The summed E-state index contributed by atoms with van der Waals surface area (Å²) in [5.74, 6) is 0.747. The smallest absolute Gasteiger partial charge is 0.0935 e. The first-order chi connectivity index (χ1) is 6.66. The molecule has 0 saturated heterocycles. The zero-order valence-electron chi connectivity index (χ0n) is 8.70. The molecular weight excluding hydrogens is 176 g/mol. The lowest BCUT2D eigenvalue weighted by Crippen LogP contribution is -2.32. The first-order valence-corrected chi connectivity index (χ1v) is 5.39. The molecule has 2 nitrogen and oxygen atoms in total. The molecule has 0 spiro atoms. The highest BCUT2D eigenvalue weighted by molar-refractivity contribution is 5.09. The van der Waals surface area contributed by atoms with Crippen molar-refractivity contribution >= 4 is 0 Å². The summed E-state index contributed by atoms with van der Waals surface area (Å²) in [7, 11) is 0. The van der Waals surface area contributed by atoms with Crippen molar-refractivity contribution in [3.8, 4) is 0 Å². The quantitative estimate of drug-likeness (QED) is 0.799. The van der Waals surface area contributed by atoms with Gasteiger partial charge in [-0.3, -0.25) is 0 Å². The maximum Gasteiger partial charge on any atom is 0.0935 e. The van der Waals surface area contributed by atoms with Crippen LogP contribution in [-0.4, -0.2) is 10.7 Å². The molecule has 0 amide bonds. The fourth-order valence-electron chi connectivity index (χ4n) is 2.22. The predicted octanol–water partition coefficient (Wildman–Crippen LogP) is 2.76. The molecule has 2 rings (SSSR count). The zero-order valence-corrected chi connectivity index (χ0v) is 8.70. The van der Waals surface area contributed by atoms with E-state index in [-0.39, 0.29) is 0 Å². The molecular formula is C12H18O2. The van der Waals surface area contributed by atoms with E-state index in [4.69, 9.17) is 4.42 Å². The highest BCUT2D eigenvalue weighted by atomic mass is 16.3. The van der Waals surface area contributed by atoms with Crippen LogP contribution >= 0.6 is 0 Å². The molecule has 1 N–H and O–H groups in total. The minimum Gasteiger partial charge on any atom is -0.472 e. The fraction of sp³-hybridized carbons (Fsp3) is 0.667. The SMILES string of the molecule is CC(O)(Cc1ccoc1)CC1CCC1. The molecule has 1 heterocycles. The molecule has 1 aromatic heterocycles. The van der Waals surface area contributed by atoms with Gasteiger partial charge in [0.05, 0.1) is 18.1 Å². The lowest BCUT2D eigenvalue weighted by atomic mass is 9.76. The van der Waals surface area contributed by atoms with E-state index in [1.54, 1.807) is 12.5 Å². The highest BCUT2D eigenvalue weighted by Crippen LogP contribution is 2.34. The highest BCUT2D eigenvalue weighted by Gasteiger charge is 2.29. The summed E-state index contributed by atoms with van der Waals surface area (Å²) in [6.45, 7) is 1.93. The van der Waals surface area contributed by atoms with Crippen LogP contribution in [0.5, 0.6) is 0 Å². The molecule has 1 aromatic rings. The summed E-state index contributed by atoms with van der Waals surface area (Å²) in [6.07, 6.45) is 8.94. The number of hydrogen-bond donors (Lipinski definition) is 1. The van der Waals surface area contributed by atoms with Crippen molar-refractivity contribution in [3.63, 3.8) is 0 Å². The molecule has 14 heavy (non-hydrogen) atoms. The van der Waals surface area contributed by atoms with E-state index in [0.717, 1.165) is 17.9 Å². The molecule has 78 valence electrons. The molecule has 1 fully saturated rings. The predicted molar refractivity (Wildman–Crippen MR) is 55.0 cm³/mol. The Hall–Kier alpha value is -0.760. The third-order valence-electron chi connectivity index (χ3n) is 3.12. The van der Waals surface area contributed by atoms with Crippen molar-refractivity contribution in [2.24, 2.45) is 5.92 Å². The van der Waals surface area contributed by atoms with Gasteiger partial charge in [0, 0.05) is 6.42 Å². The van der Waals surface area contributed by atoms with E-state index in [2.05, 4.69) is 0 Å². The maximum atomic E-state index is 10.2. The van der Waals surface area contributed by atoms with E-state index in [0.29, 0.717) is 6.42 Å². The molecule has 1 unspecified atom stereocenters. The van der Waals surface area contributed by atoms with Crippen molar-refractivity contribution in [1.82, 2.24) is 0 Å². The number of aliphatic hydroxyl groups is 1. The Labute approximate surface area is 84.9 Å². The lowest BCUT2D eigenvalue weighted by Gasteiger charge is -2.33. The van der Waals surface area contributed by atoms with Crippen LogP contribution in [0.4, 0.5) is 0 Å². The van der Waals surface area contributed by atoms with E-state index in [1.807, 2.05) is 13.0 Å². The molecule has 1 saturated carbocycles. The lowest BCUT2D eigenvalue weighted by molar-refractivity contribution is 0.0203. The Morgan fingerprint density at radius 2 is 2.36 bits per heavy atom. The van der Waals surface area contributed by atoms with Crippen LogP contribution in [0.3, 0.4) is 0 Å². The second-order valence-electron chi connectivity index (χ2n) is 4.81. The second kappa shape index (κ2) is 3.77. The minimum absolute atomic E-state index is 0.561. The summed E-state index contributed by atoms with van der Waals surface area (Å²) < 4.78 is 4.99. The van der Waals surface area contributed by atoms with Crippen LogP contribution in [0.2, 0.25) is 0 Å². The molecule has 0 radical (unpaired) electrons. The van der Waals surface area contributed by atoms with Crippen molar-refractivity contribution in [2.45, 2.75) is 44.6 Å². The van der Waals surface area contributed by atoms with Crippen LogP contribution in [0.25, 0.3) is 0 Å². The van der Waals surface area contributed by atoms with Gasteiger partial charge in [-0.05, 0) is 30.9 Å². The van der Waals surface area contributed by atoms with Gasteiger partial charge in [-0.15, -0.1) is 0 Å². The van der Waals surface area contributed by atoms with Gasteiger partial charge in [-0.1, -0.05) is 19.3 Å². The van der Waals surface area contributed by atoms with Gasteiger partial charge >= 0.3 is 0 Å². The standard InChI is InChI=1S/C12H18O2/c1-12(13,7-10-3-2-4-10)8-11-5-6-14-9-11/h5-6,9-10,13H,2-4,7-8H2,1H3. The van der Waals surface area contributed by atoms with Gasteiger partial charge in [0.1, 0.15) is 0 Å². The second-order valence-corrected chi connectivity index (χ2v) is 4.81. The number of rotatable bonds is 4. The first kappa shape index (κ1) is 9.78. The third kappa shape index (κ3) is 2.38. The molecule has 0 aromatic carbocycles. The van der Waals surface area contributed by atoms with Gasteiger partial charge in [-0.2, -0.15) is 0 Å². The molecule has 2 heteroatoms. The summed E-state index contributed by atoms with van der Waals surface area (Å²) in [6, 6.07) is 1.93. The number of hydrogen-bond acceptors (Lipinski definition) is 2. The third-order valence-corrected chi connectivity index (χ3v) is 3.12. The normalized spacial score (nSPS) is 21.6. The van der Waals surface area contributed by atoms with Crippen LogP contribution in [0.15, 0.2) is 23.0 Å². The largest absolute Gasteiger partial charge is 0.472 e. The van der Waals surface area contributed by atoms with Crippen molar-refractivity contribution in [3.05, 3.63) is 24.2 Å². The van der Waals surface area contributed by atoms with Gasteiger partial charge in [-0.25, -0.2) is 0 Å². The van der Waals surface area contributed by atoms with Crippen molar-refractivity contribution in [2.75, 3.05) is 0 Å². The Balaban J connectivity index is 1.87. The van der Waals surface area contributed by atoms with Gasteiger partial charge in [0.25, 0.3) is 0 Å². The van der Waals surface area contributed by atoms with E-state index in [1.165, 1.54) is 19.3 Å². The van der Waals surface area contributed by atoms with Crippen LogP contribution < -0.4 is 0 Å². The average Bonchev–Trinajstić information content (AvgIpc) is 2.49. The molecule has 1 aliphatic rings. The summed E-state index contributed by atoms with van der Waals surface area (Å²) in [4.78, 5) is 0. The fourth-order valence-corrected chi connectivity index (χ4v) is 2.22. The Bertz CT molecular complexity index is 271. The van der Waals surface area contributed by atoms with Gasteiger partial charge < -0.3 is 9.52 Å². The molecule has 1 atom stereocenters. The first-order valence-electron chi connectivity index (χ1n) is 5.39. The minimum atomic E-state index is -0.561. The van der Waals surface area contributed by atoms with E-state index in [9.17, 15) is 5.11 Å². The summed E-state index contributed by atoms with van der Waals surface area (Å²) in [5.41, 5.74) is 0.531. The maximum absolute atomic E-state index is 10.2.